The SMILES string of the molecule is O=C(O)C1(C2CCOC3(CCSC3)C2)CCOC1. The monoisotopic (exact) mass is 272 g/mol. The van der Waals surface area contributed by atoms with Gasteiger partial charge in [0.25, 0.3) is 0 Å². The van der Waals surface area contributed by atoms with Crippen LogP contribution in [0.5, 0.6) is 0 Å². The number of carbonyl (C=O) groups is 1. The van der Waals surface area contributed by atoms with Gasteiger partial charge in [0.05, 0.1) is 17.6 Å². The normalized spacial score (nSPS) is 44.6. The Hall–Kier alpha value is -0.260. The lowest BCUT2D eigenvalue weighted by Crippen LogP contribution is -2.48. The molecule has 0 radical (unpaired) electrons. The number of carboxylic acid groups (broad SMARTS) is 1. The van der Waals surface area contributed by atoms with Crippen LogP contribution in [0.25, 0.3) is 0 Å². The molecule has 102 valence electrons. The number of ether oxygens (including phenoxy) is 2. The molecular weight excluding hydrogens is 252 g/mol. The van der Waals surface area contributed by atoms with Gasteiger partial charge < -0.3 is 14.6 Å². The van der Waals surface area contributed by atoms with E-state index >= 15 is 0 Å². The van der Waals surface area contributed by atoms with Crippen LogP contribution in [0.4, 0.5) is 0 Å². The number of carboxylic acids is 1. The quantitative estimate of drug-likeness (QED) is 0.830. The summed E-state index contributed by atoms with van der Waals surface area (Å²) in [5.74, 6) is 1.71. The lowest BCUT2D eigenvalue weighted by Gasteiger charge is -2.43. The van der Waals surface area contributed by atoms with Gasteiger partial charge in [-0.25, -0.2) is 0 Å². The van der Waals surface area contributed by atoms with Crippen molar-refractivity contribution in [1.29, 1.82) is 0 Å². The first-order chi connectivity index (χ1) is 8.67. The summed E-state index contributed by atoms with van der Waals surface area (Å²) in [6.07, 6.45) is 3.50. The van der Waals surface area contributed by atoms with Gasteiger partial charge in [0.15, 0.2) is 0 Å². The second-order valence-electron chi connectivity index (χ2n) is 5.79. The summed E-state index contributed by atoms with van der Waals surface area (Å²) >= 11 is 1.93. The van der Waals surface area contributed by atoms with Crippen molar-refractivity contribution in [3.8, 4) is 0 Å². The first-order valence-corrected chi connectivity index (χ1v) is 7.85. The maximum Gasteiger partial charge on any atom is 0.312 e. The molecule has 3 heterocycles. The topological polar surface area (TPSA) is 55.8 Å². The van der Waals surface area contributed by atoms with Crippen molar-refractivity contribution >= 4 is 17.7 Å². The van der Waals surface area contributed by atoms with E-state index in [1.165, 1.54) is 0 Å². The number of aliphatic carboxylic acids is 1. The highest BCUT2D eigenvalue weighted by Crippen LogP contribution is 2.49. The van der Waals surface area contributed by atoms with Gasteiger partial charge in [-0.2, -0.15) is 11.8 Å². The Kier molecular flexibility index (Phi) is 3.32. The van der Waals surface area contributed by atoms with Crippen LogP contribution in [0.1, 0.15) is 25.7 Å². The second-order valence-corrected chi connectivity index (χ2v) is 6.89. The van der Waals surface area contributed by atoms with E-state index in [-0.39, 0.29) is 11.5 Å². The van der Waals surface area contributed by atoms with Crippen molar-refractivity contribution in [1.82, 2.24) is 0 Å². The average Bonchev–Trinajstić information content (AvgIpc) is 2.99. The molecule has 1 N–H and O–H groups in total. The van der Waals surface area contributed by atoms with Crippen LogP contribution >= 0.6 is 11.8 Å². The molecule has 0 bridgehead atoms. The molecular formula is C13H20O4S. The van der Waals surface area contributed by atoms with Gasteiger partial charge in [-0.1, -0.05) is 0 Å². The molecule has 0 aromatic rings. The Balaban J connectivity index is 1.80. The third-order valence-electron chi connectivity index (χ3n) is 4.82. The fourth-order valence-corrected chi connectivity index (χ4v) is 4.99. The molecule has 3 unspecified atom stereocenters. The number of rotatable bonds is 2. The molecule has 0 aliphatic carbocycles. The molecule has 18 heavy (non-hydrogen) atoms. The van der Waals surface area contributed by atoms with Crippen molar-refractivity contribution < 1.29 is 19.4 Å². The van der Waals surface area contributed by atoms with Crippen LogP contribution in [0.3, 0.4) is 0 Å². The van der Waals surface area contributed by atoms with Crippen molar-refractivity contribution in [2.75, 3.05) is 31.3 Å². The van der Waals surface area contributed by atoms with Crippen molar-refractivity contribution in [3.63, 3.8) is 0 Å². The third-order valence-corrected chi connectivity index (χ3v) is 6.04. The molecule has 3 atom stereocenters. The molecule has 0 aromatic carbocycles. The Morgan fingerprint density at radius 2 is 2.22 bits per heavy atom. The standard InChI is InChI=1S/C13H20O4S/c14-11(15)13(2-5-16-8-13)10-1-4-17-12(7-10)3-6-18-9-12/h10H,1-9H2,(H,14,15). The minimum Gasteiger partial charge on any atom is -0.481 e. The second kappa shape index (κ2) is 4.69. The largest absolute Gasteiger partial charge is 0.481 e. The highest BCUT2D eigenvalue weighted by atomic mass is 32.2. The van der Waals surface area contributed by atoms with Crippen LogP contribution in [0.15, 0.2) is 0 Å². The molecule has 1 spiro atoms. The van der Waals surface area contributed by atoms with Crippen molar-refractivity contribution in [3.05, 3.63) is 0 Å². The Morgan fingerprint density at radius 1 is 1.33 bits per heavy atom. The summed E-state index contributed by atoms with van der Waals surface area (Å²) in [6, 6.07) is 0. The zero-order valence-corrected chi connectivity index (χ0v) is 11.3. The van der Waals surface area contributed by atoms with E-state index in [1.54, 1.807) is 0 Å². The molecule has 3 aliphatic heterocycles. The Labute approximate surface area is 111 Å². The van der Waals surface area contributed by atoms with Crippen LogP contribution < -0.4 is 0 Å². The molecule has 3 fully saturated rings. The predicted octanol–water partition coefficient (Wildman–Crippen LogP) is 1.78. The van der Waals surface area contributed by atoms with Crippen LogP contribution in [0.2, 0.25) is 0 Å². The van der Waals surface area contributed by atoms with E-state index in [1.807, 2.05) is 11.8 Å². The molecule has 4 nitrogen and oxygen atoms in total. The Bertz CT molecular complexity index is 332. The summed E-state index contributed by atoms with van der Waals surface area (Å²) in [5.41, 5.74) is -0.692. The highest BCUT2D eigenvalue weighted by molar-refractivity contribution is 7.99. The summed E-state index contributed by atoms with van der Waals surface area (Å²) < 4.78 is 11.4. The van der Waals surface area contributed by atoms with Gasteiger partial charge >= 0.3 is 5.97 Å². The highest BCUT2D eigenvalue weighted by Gasteiger charge is 2.53. The number of thioether (sulfide) groups is 1. The molecule has 0 aromatic heterocycles. The predicted molar refractivity (Wildman–Crippen MR) is 68.9 cm³/mol. The van der Waals surface area contributed by atoms with Crippen molar-refractivity contribution in [2.24, 2.45) is 11.3 Å². The Morgan fingerprint density at radius 3 is 2.83 bits per heavy atom. The van der Waals surface area contributed by atoms with Crippen molar-refractivity contribution in [2.45, 2.75) is 31.3 Å². The fraction of sp³-hybridized carbons (Fsp3) is 0.923. The maximum absolute atomic E-state index is 11.7. The first kappa shape index (κ1) is 12.8. The summed E-state index contributed by atoms with van der Waals surface area (Å²) in [5, 5.41) is 9.62. The minimum atomic E-state index is -0.673. The van der Waals surface area contributed by atoms with Gasteiger partial charge in [-0.3, -0.25) is 4.79 Å². The molecule has 3 rings (SSSR count). The van der Waals surface area contributed by atoms with E-state index in [0.717, 1.165) is 30.8 Å². The van der Waals surface area contributed by atoms with Gasteiger partial charge in [0.2, 0.25) is 0 Å². The molecule has 0 amide bonds. The van der Waals surface area contributed by atoms with Crippen LogP contribution in [-0.2, 0) is 14.3 Å². The summed E-state index contributed by atoms with van der Waals surface area (Å²) in [6.45, 7) is 1.68. The van der Waals surface area contributed by atoms with E-state index < -0.39 is 11.4 Å². The molecule has 5 heteroatoms. The smallest absolute Gasteiger partial charge is 0.312 e. The van der Waals surface area contributed by atoms with E-state index in [0.29, 0.717) is 26.2 Å². The van der Waals surface area contributed by atoms with Gasteiger partial charge in [0, 0.05) is 19.0 Å². The van der Waals surface area contributed by atoms with E-state index in [4.69, 9.17) is 9.47 Å². The van der Waals surface area contributed by atoms with Crippen LogP contribution in [0, 0.1) is 11.3 Å². The first-order valence-electron chi connectivity index (χ1n) is 6.70. The molecule has 3 saturated heterocycles. The fourth-order valence-electron chi connectivity index (χ4n) is 3.61. The molecule has 0 saturated carbocycles. The number of hydrogen-bond donors (Lipinski definition) is 1. The maximum atomic E-state index is 11.7. The zero-order valence-electron chi connectivity index (χ0n) is 10.5. The lowest BCUT2D eigenvalue weighted by atomic mass is 9.67. The van der Waals surface area contributed by atoms with Crippen LogP contribution in [-0.4, -0.2) is 48.0 Å². The van der Waals surface area contributed by atoms with E-state index in [2.05, 4.69) is 0 Å². The van der Waals surface area contributed by atoms with Gasteiger partial charge in [-0.05, 0) is 37.4 Å². The third kappa shape index (κ3) is 1.96. The zero-order chi connectivity index (χ0) is 12.6. The summed E-state index contributed by atoms with van der Waals surface area (Å²) in [4.78, 5) is 11.7. The average molecular weight is 272 g/mol. The van der Waals surface area contributed by atoms with E-state index in [9.17, 15) is 9.90 Å². The summed E-state index contributed by atoms with van der Waals surface area (Å²) in [7, 11) is 0. The number of hydrogen-bond acceptors (Lipinski definition) is 4. The van der Waals surface area contributed by atoms with Gasteiger partial charge in [-0.15, -0.1) is 0 Å². The molecule has 3 aliphatic rings. The van der Waals surface area contributed by atoms with Gasteiger partial charge in [0.1, 0.15) is 0 Å². The lowest BCUT2D eigenvalue weighted by molar-refractivity contribution is -0.161. The minimum absolute atomic E-state index is 0.0430.